The van der Waals surface area contributed by atoms with Gasteiger partial charge in [0.25, 0.3) is 0 Å². The number of nitrogens with zero attached hydrogens (tertiary/aromatic N) is 3. The number of hydrogen-bond acceptors (Lipinski definition) is 3. The van der Waals surface area contributed by atoms with Gasteiger partial charge in [-0.1, -0.05) is 23.2 Å². The van der Waals surface area contributed by atoms with Gasteiger partial charge in [0.05, 0.1) is 22.7 Å². The minimum absolute atomic E-state index is 0.213. The Balaban J connectivity index is 1.65. The number of amides is 1. The molecule has 0 unspecified atom stereocenters. The lowest BCUT2D eigenvalue weighted by atomic mass is 9.98. The van der Waals surface area contributed by atoms with Crippen molar-refractivity contribution in [1.82, 2.24) is 14.5 Å². The summed E-state index contributed by atoms with van der Waals surface area (Å²) in [6, 6.07) is 5.34. The van der Waals surface area contributed by atoms with Gasteiger partial charge >= 0.3 is 6.09 Å². The number of aromatic nitrogens is 2. The van der Waals surface area contributed by atoms with Gasteiger partial charge in [-0.25, -0.2) is 9.78 Å². The van der Waals surface area contributed by atoms with E-state index in [1.165, 1.54) is 0 Å². The maximum Gasteiger partial charge on any atom is 0.410 e. The molecule has 24 heavy (non-hydrogen) atoms. The number of halogens is 2. The van der Waals surface area contributed by atoms with Crippen LogP contribution in [0.5, 0.6) is 0 Å². The van der Waals surface area contributed by atoms with Crippen molar-refractivity contribution >= 4 is 29.3 Å². The van der Waals surface area contributed by atoms with E-state index in [0.29, 0.717) is 23.1 Å². The van der Waals surface area contributed by atoms with E-state index in [0.717, 1.165) is 11.4 Å². The van der Waals surface area contributed by atoms with Gasteiger partial charge in [-0.15, -0.1) is 0 Å². The zero-order chi connectivity index (χ0) is 17.5. The monoisotopic (exact) mass is 367 g/mol. The van der Waals surface area contributed by atoms with Crippen LogP contribution >= 0.6 is 23.2 Å². The van der Waals surface area contributed by atoms with E-state index in [1.54, 1.807) is 23.4 Å². The second-order valence-corrected chi connectivity index (χ2v) is 7.73. The van der Waals surface area contributed by atoms with Crippen LogP contribution in [0.2, 0.25) is 10.0 Å². The van der Waals surface area contributed by atoms with Crippen molar-refractivity contribution in [3.8, 4) is 5.69 Å². The number of likely N-dealkylation sites (tertiary alicyclic amines) is 1. The summed E-state index contributed by atoms with van der Waals surface area (Å²) >= 11 is 12.1. The Morgan fingerprint density at radius 3 is 2.62 bits per heavy atom. The van der Waals surface area contributed by atoms with Crippen molar-refractivity contribution in [2.24, 2.45) is 0 Å². The zero-order valence-corrected chi connectivity index (χ0v) is 15.3. The Kier molecular flexibility index (Phi) is 4.49. The predicted molar refractivity (Wildman–Crippen MR) is 94.1 cm³/mol. The zero-order valence-electron chi connectivity index (χ0n) is 13.8. The molecule has 0 spiro atoms. The molecule has 3 rings (SSSR count). The molecule has 0 atom stereocenters. The fraction of sp³-hybridized carbons (Fsp3) is 0.412. The lowest BCUT2D eigenvalue weighted by Crippen LogP contribution is -2.50. The summed E-state index contributed by atoms with van der Waals surface area (Å²) in [5, 5.41) is 1.16. The van der Waals surface area contributed by atoms with E-state index in [-0.39, 0.29) is 12.0 Å². The summed E-state index contributed by atoms with van der Waals surface area (Å²) in [4.78, 5) is 18.1. The van der Waals surface area contributed by atoms with E-state index in [4.69, 9.17) is 27.9 Å². The van der Waals surface area contributed by atoms with Crippen LogP contribution in [-0.2, 0) is 4.74 Å². The Morgan fingerprint density at radius 2 is 2.00 bits per heavy atom. The highest BCUT2D eigenvalue weighted by Crippen LogP contribution is 2.29. The Bertz CT molecular complexity index is 761. The number of rotatable bonds is 2. The van der Waals surface area contributed by atoms with E-state index in [9.17, 15) is 4.79 Å². The smallest absolute Gasteiger partial charge is 0.410 e. The second kappa shape index (κ2) is 6.30. The van der Waals surface area contributed by atoms with Gasteiger partial charge in [-0.05, 0) is 39.0 Å². The topological polar surface area (TPSA) is 47.4 Å². The lowest BCUT2D eigenvalue weighted by Gasteiger charge is -2.38. The molecule has 1 aliphatic heterocycles. The molecule has 0 radical (unpaired) electrons. The van der Waals surface area contributed by atoms with Crippen molar-refractivity contribution in [3.05, 3.63) is 46.5 Å². The standard InChI is InChI=1S/C17H19Cl2N3O2/c1-17(2,3)24-16(23)21-7-11(8-21)14-9-22(10-20-14)15-5-4-12(18)6-13(15)19/h4-6,9-11H,7-8H2,1-3H3. The molecule has 0 aliphatic carbocycles. The van der Waals surface area contributed by atoms with Crippen molar-refractivity contribution in [3.63, 3.8) is 0 Å². The normalized spacial score (nSPS) is 15.3. The molecule has 128 valence electrons. The van der Waals surface area contributed by atoms with Crippen molar-refractivity contribution < 1.29 is 9.53 Å². The van der Waals surface area contributed by atoms with Crippen LogP contribution < -0.4 is 0 Å². The first-order valence-electron chi connectivity index (χ1n) is 7.70. The average molecular weight is 368 g/mol. The van der Waals surface area contributed by atoms with Gasteiger partial charge in [0, 0.05) is 30.2 Å². The van der Waals surface area contributed by atoms with E-state index in [2.05, 4.69) is 4.98 Å². The molecule has 2 heterocycles. The third kappa shape index (κ3) is 3.68. The number of carbonyl (C=O) groups is 1. The molecule has 2 aromatic rings. The van der Waals surface area contributed by atoms with Gasteiger partial charge in [0.2, 0.25) is 0 Å². The molecule has 5 nitrogen and oxygen atoms in total. The minimum atomic E-state index is -0.477. The highest BCUT2D eigenvalue weighted by Gasteiger charge is 2.35. The van der Waals surface area contributed by atoms with Gasteiger partial charge in [0.15, 0.2) is 0 Å². The van der Waals surface area contributed by atoms with Crippen molar-refractivity contribution in [2.45, 2.75) is 32.3 Å². The SMILES string of the molecule is CC(C)(C)OC(=O)N1CC(c2cn(-c3ccc(Cl)cc3Cl)cn2)C1. The molecular weight excluding hydrogens is 349 g/mol. The molecule has 1 aromatic carbocycles. The fourth-order valence-electron chi connectivity index (χ4n) is 2.51. The Labute approximate surface area is 151 Å². The number of carbonyl (C=O) groups excluding carboxylic acids is 1. The molecule has 0 bridgehead atoms. The number of imidazole rings is 1. The summed E-state index contributed by atoms with van der Waals surface area (Å²) in [6.45, 7) is 6.81. The quantitative estimate of drug-likeness (QED) is 0.784. The molecule has 0 N–H and O–H groups in total. The number of hydrogen-bond donors (Lipinski definition) is 0. The van der Waals surface area contributed by atoms with Gasteiger partial charge in [-0.2, -0.15) is 0 Å². The largest absolute Gasteiger partial charge is 0.444 e. The van der Waals surface area contributed by atoms with Crippen LogP contribution in [0.15, 0.2) is 30.7 Å². The molecular formula is C17H19Cl2N3O2. The maximum absolute atomic E-state index is 12.0. The third-order valence-corrected chi connectivity index (χ3v) is 4.28. The molecule has 0 saturated carbocycles. The predicted octanol–water partition coefficient (Wildman–Crippen LogP) is 4.51. The molecule has 1 aliphatic rings. The van der Waals surface area contributed by atoms with Gasteiger partial charge in [0.1, 0.15) is 5.60 Å². The van der Waals surface area contributed by atoms with Crippen LogP contribution in [0.4, 0.5) is 4.79 Å². The van der Waals surface area contributed by atoms with Crippen LogP contribution in [0.25, 0.3) is 5.69 Å². The summed E-state index contributed by atoms with van der Waals surface area (Å²) in [5.41, 5.74) is 1.28. The van der Waals surface area contributed by atoms with Crippen molar-refractivity contribution in [1.29, 1.82) is 0 Å². The first-order chi connectivity index (χ1) is 11.2. The third-order valence-electron chi connectivity index (χ3n) is 3.74. The molecule has 1 saturated heterocycles. The highest BCUT2D eigenvalue weighted by atomic mass is 35.5. The van der Waals surface area contributed by atoms with Gasteiger partial charge < -0.3 is 14.2 Å². The van der Waals surface area contributed by atoms with Crippen LogP contribution in [0.3, 0.4) is 0 Å². The summed E-state index contributed by atoms with van der Waals surface area (Å²) in [5.74, 6) is 0.213. The average Bonchev–Trinajstić information content (AvgIpc) is 2.83. The highest BCUT2D eigenvalue weighted by molar-refractivity contribution is 6.35. The summed E-state index contributed by atoms with van der Waals surface area (Å²) in [6.07, 6.45) is 3.38. The van der Waals surface area contributed by atoms with Crippen molar-refractivity contribution in [2.75, 3.05) is 13.1 Å². The molecule has 7 heteroatoms. The fourth-order valence-corrected chi connectivity index (χ4v) is 3.02. The first kappa shape index (κ1) is 17.1. The Hall–Kier alpha value is -1.72. The summed E-state index contributed by atoms with van der Waals surface area (Å²) < 4.78 is 7.22. The molecule has 1 aromatic heterocycles. The van der Waals surface area contributed by atoms with Crippen LogP contribution in [-0.4, -0.2) is 39.2 Å². The van der Waals surface area contributed by atoms with E-state index < -0.39 is 5.60 Å². The molecule has 1 amide bonds. The van der Waals surface area contributed by atoms with Crippen LogP contribution in [0.1, 0.15) is 32.4 Å². The van der Waals surface area contributed by atoms with E-state index in [1.807, 2.05) is 37.6 Å². The summed E-state index contributed by atoms with van der Waals surface area (Å²) in [7, 11) is 0. The van der Waals surface area contributed by atoms with Crippen LogP contribution in [0, 0.1) is 0 Å². The minimum Gasteiger partial charge on any atom is -0.444 e. The maximum atomic E-state index is 12.0. The first-order valence-corrected chi connectivity index (χ1v) is 8.46. The molecule has 1 fully saturated rings. The lowest BCUT2D eigenvalue weighted by molar-refractivity contribution is 0.00790. The van der Waals surface area contributed by atoms with E-state index >= 15 is 0 Å². The Morgan fingerprint density at radius 1 is 1.29 bits per heavy atom. The number of ether oxygens (including phenoxy) is 1. The number of benzene rings is 1. The van der Waals surface area contributed by atoms with Gasteiger partial charge in [-0.3, -0.25) is 0 Å². The second-order valence-electron chi connectivity index (χ2n) is 6.88.